The molecule has 2 N–H and O–H groups in total. The van der Waals surface area contributed by atoms with Crippen molar-refractivity contribution in [2.24, 2.45) is 0 Å². The van der Waals surface area contributed by atoms with Gasteiger partial charge in [-0.2, -0.15) is 0 Å². The number of rotatable bonds is 7. The van der Waals surface area contributed by atoms with Gasteiger partial charge >= 0.3 is 0 Å². The fourth-order valence-electron chi connectivity index (χ4n) is 1.95. The molecular formula is C18H22BrClN2O2. The second kappa shape index (κ2) is 10.3. The zero-order valence-corrected chi connectivity index (χ0v) is 16.1. The average molecular weight is 414 g/mol. The van der Waals surface area contributed by atoms with Crippen molar-refractivity contribution in [3.05, 3.63) is 64.1 Å². The van der Waals surface area contributed by atoms with Crippen LogP contribution in [-0.2, 0) is 6.61 Å². The topological polar surface area (TPSA) is 50.4 Å². The predicted octanol–water partition coefficient (Wildman–Crippen LogP) is 3.79. The summed E-state index contributed by atoms with van der Waals surface area (Å²) in [6.07, 6.45) is 0. The Bertz CT molecular complexity index is 667. The molecular weight excluding hydrogens is 392 g/mol. The van der Waals surface area contributed by atoms with Crippen molar-refractivity contribution in [3.63, 3.8) is 0 Å². The molecule has 0 aliphatic heterocycles. The van der Waals surface area contributed by atoms with E-state index in [0.29, 0.717) is 24.5 Å². The molecule has 0 aromatic heterocycles. The van der Waals surface area contributed by atoms with Crippen LogP contribution in [0.2, 0.25) is 0 Å². The van der Waals surface area contributed by atoms with Crippen molar-refractivity contribution < 1.29 is 9.53 Å². The molecule has 2 aromatic carbocycles. The minimum absolute atomic E-state index is 0. The van der Waals surface area contributed by atoms with Gasteiger partial charge in [-0.25, -0.2) is 0 Å². The number of amides is 1. The number of benzene rings is 2. The number of nitrogens with one attached hydrogen (secondary N) is 2. The van der Waals surface area contributed by atoms with Gasteiger partial charge < -0.3 is 15.4 Å². The Labute approximate surface area is 157 Å². The fourth-order valence-corrected chi connectivity index (χ4v) is 2.35. The van der Waals surface area contributed by atoms with Gasteiger partial charge in [-0.05, 0) is 38.2 Å². The molecule has 130 valence electrons. The normalized spacial score (nSPS) is 11.3. The lowest BCUT2D eigenvalue weighted by atomic mass is 10.2. The van der Waals surface area contributed by atoms with E-state index >= 15 is 0 Å². The Morgan fingerprint density at radius 2 is 1.96 bits per heavy atom. The van der Waals surface area contributed by atoms with Gasteiger partial charge in [-0.3, -0.25) is 4.79 Å². The van der Waals surface area contributed by atoms with Crippen LogP contribution in [0.4, 0.5) is 0 Å². The number of halogens is 2. The van der Waals surface area contributed by atoms with Gasteiger partial charge in [0.25, 0.3) is 5.91 Å². The van der Waals surface area contributed by atoms with Crippen LogP contribution in [-0.4, -0.2) is 25.5 Å². The first-order valence-corrected chi connectivity index (χ1v) is 8.31. The molecule has 1 unspecified atom stereocenters. The van der Waals surface area contributed by atoms with Crippen molar-refractivity contribution in [3.8, 4) is 5.75 Å². The van der Waals surface area contributed by atoms with Gasteiger partial charge in [0.1, 0.15) is 12.4 Å². The lowest BCUT2D eigenvalue weighted by molar-refractivity contribution is 0.0950. The van der Waals surface area contributed by atoms with E-state index < -0.39 is 0 Å². The van der Waals surface area contributed by atoms with Crippen LogP contribution in [0.25, 0.3) is 0 Å². The maximum absolute atomic E-state index is 12.1. The van der Waals surface area contributed by atoms with Gasteiger partial charge in [-0.15, -0.1) is 12.4 Å². The van der Waals surface area contributed by atoms with Crippen molar-refractivity contribution in [1.82, 2.24) is 10.6 Å². The van der Waals surface area contributed by atoms with Gasteiger partial charge in [0.2, 0.25) is 0 Å². The van der Waals surface area contributed by atoms with Crippen molar-refractivity contribution in [1.29, 1.82) is 0 Å². The number of carbonyl (C=O) groups is 1. The molecule has 1 atom stereocenters. The van der Waals surface area contributed by atoms with E-state index in [0.717, 1.165) is 10.0 Å². The second-order valence-electron chi connectivity index (χ2n) is 5.31. The van der Waals surface area contributed by atoms with E-state index in [4.69, 9.17) is 4.74 Å². The highest BCUT2D eigenvalue weighted by Gasteiger charge is 2.08. The Morgan fingerprint density at radius 1 is 1.21 bits per heavy atom. The molecule has 2 aromatic rings. The summed E-state index contributed by atoms with van der Waals surface area (Å²) in [5, 5.41) is 5.98. The molecule has 6 heteroatoms. The number of ether oxygens (including phenoxy) is 1. The largest absolute Gasteiger partial charge is 0.489 e. The maximum Gasteiger partial charge on any atom is 0.251 e. The lowest BCUT2D eigenvalue weighted by Gasteiger charge is -2.12. The molecule has 0 saturated carbocycles. The van der Waals surface area contributed by atoms with Crippen LogP contribution in [0, 0.1) is 0 Å². The molecule has 0 aliphatic rings. The molecule has 1 amide bonds. The SMILES string of the molecule is CNC(C)CNC(=O)c1cccc(OCc2ccccc2Br)c1.Cl. The average Bonchev–Trinajstić information content (AvgIpc) is 2.59. The lowest BCUT2D eigenvalue weighted by Crippen LogP contribution is -2.37. The number of hydrogen-bond acceptors (Lipinski definition) is 3. The second-order valence-corrected chi connectivity index (χ2v) is 6.16. The summed E-state index contributed by atoms with van der Waals surface area (Å²) in [7, 11) is 1.87. The van der Waals surface area contributed by atoms with E-state index in [2.05, 4.69) is 26.6 Å². The van der Waals surface area contributed by atoms with Crippen molar-refractivity contribution >= 4 is 34.2 Å². The van der Waals surface area contributed by atoms with E-state index in [9.17, 15) is 4.79 Å². The van der Waals surface area contributed by atoms with Gasteiger partial charge in [-0.1, -0.05) is 40.2 Å². The third kappa shape index (κ3) is 6.15. The summed E-state index contributed by atoms with van der Waals surface area (Å²) >= 11 is 3.50. The van der Waals surface area contributed by atoms with E-state index in [-0.39, 0.29) is 24.4 Å². The molecule has 0 heterocycles. The first-order valence-electron chi connectivity index (χ1n) is 7.52. The number of carbonyl (C=O) groups excluding carboxylic acids is 1. The van der Waals surface area contributed by atoms with E-state index in [1.165, 1.54) is 0 Å². The molecule has 0 aliphatic carbocycles. The summed E-state index contributed by atoms with van der Waals surface area (Å²) in [5.74, 6) is 0.577. The molecule has 0 radical (unpaired) electrons. The summed E-state index contributed by atoms with van der Waals surface area (Å²) < 4.78 is 6.80. The van der Waals surface area contributed by atoms with Crippen LogP contribution < -0.4 is 15.4 Å². The molecule has 0 saturated heterocycles. The van der Waals surface area contributed by atoms with Gasteiger partial charge in [0.15, 0.2) is 0 Å². The monoisotopic (exact) mass is 412 g/mol. The van der Waals surface area contributed by atoms with Crippen LogP contribution in [0.1, 0.15) is 22.8 Å². The smallest absolute Gasteiger partial charge is 0.251 e. The number of hydrogen-bond donors (Lipinski definition) is 2. The highest BCUT2D eigenvalue weighted by molar-refractivity contribution is 9.10. The zero-order valence-electron chi connectivity index (χ0n) is 13.7. The standard InChI is InChI=1S/C18H21BrN2O2.ClH/c1-13(20-2)11-21-18(22)14-7-5-8-16(10-14)23-12-15-6-3-4-9-17(15)19;/h3-10,13,20H,11-12H2,1-2H3,(H,21,22);1H. The van der Waals surface area contributed by atoms with Crippen LogP contribution in [0.5, 0.6) is 5.75 Å². The van der Waals surface area contributed by atoms with Crippen LogP contribution in [0.3, 0.4) is 0 Å². The Morgan fingerprint density at radius 3 is 2.67 bits per heavy atom. The van der Waals surface area contributed by atoms with E-state index in [1.807, 2.05) is 50.4 Å². The third-order valence-electron chi connectivity index (χ3n) is 3.51. The summed E-state index contributed by atoms with van der Waals surface area (Å²) in [4.78, 5) is 12.1. The number of likely N-dealkylation sites (N-methyl/N-ethyl adjacent to an activating group) is 1. The van der Waals surface area contributed by atoms with Crippen LogP contribution in [0.15, 0.2) is 53.0 Å². The summed E-state index contributed by atoms with van der Waals surface area (Å²) in [6, 6.07) is 15.4. The van der Waals surface area contributed by atoms with Crippen LogP contribution >= 0.6 is 28.3 Å². The minimum Gasteiger partial charge on any atom is -0.489 e. The first kappa shape index (κ1) is 20.5. The molecule has 0 fully saturated rings. The molecule has 2 rings (SSSR count). The summed E-state index contributed by atoms with van der Waals surface area (Å²) in [6.45, 7) is 3.04. The summed E-state index contributed by atoms with van der Waals surface area (Å²) in [5.41, 5.74) is 1.66. The fraction of sp³-hybridized carbons (Fsp3) is 0.278. The predicted molar refractivity (Wildman–Crippen MR) is 103 cm³/mol. The molecule has 4 nitrogen and oxygen atoms in total. The Kier molecular flexibility index (Phi) is 8.82. The highest BCUT2D eigenvalue weighted by atomic mass is 79.9. The van der Waals surface area contributed by atoms with E-state index in [1.54, 1.807) is 12.1 Å². The molecule has 0 bridgehead atoms. The van der Waals surface area contributed by atoms with Gasteiger partial charge in [0.05, 0.1) is 0 Å². The third-order valence-corrected chi connectivity index (χ3v) is 4.28. The zero-order chi connectivity index (χ0) is 16.7. The Hall–Kier alpha value is -1.56. The highest BCUT2D eigenvalue weighted by Crippen LogP contribution is 2.19. The Balaban J connectivity index is 0.00000288. The molecule has 0 spiro atoms. The maximum atomic E-state index is 12.1. The quantitative estimate of drug-likeness (QED) is 0.726. The first-order chi connectivity index (χ1) is 11.1. The molecule has 24 heavy (non-hydrogen) atoms. The van der Waals surface area contributed by atoms with Crippen molar-refractivity contribution in [2.45, 2.75) is 19.6 Å². The minimum atomic E-state index is -0.0987. The van der Waals surface area contributed by atoms with Gasteiger partial charge in [0, 0.05) is 28.2 Å². The van der Waals surface area contributed by atoms with Crippen molar-refractivity contribution in [2.75, 3.05) is 13.6 Å².